The fraction of sp³-hybridized carbons (Fsp3) is 0.750. The van der Waals surface area contributed by atoms with Crippen molar-refractivity contribution in [1.82, 2.24) is 20.4 Å². The molecule has 0 spiro atoms. The van der Waals surface area contributed by atoms with Crippen molar-refractivity contribution in [3.63, 3.8) is 0 Å². The summed E-state index contributed by atoms with van der Waals surface area (Å²) in [5.74, 6) is 1.49. The molecule has 1 N–H and O–H groups in total. The van der Waals surface area contributed by atoms with Crippen LogP contribution in [0.25, 0.3) is 0 Å². The van der Waals surface area contributed by atoms with E-state index in [0.29, 0.717) is 30.6 Å². The highest BCUT2D eigenvalue weighted by atomic mass is 16.5. The van der Waals surface area contributed by atoms with Crippen LogP contribution in [0.15, 0.2) is 4.52 Å². The largest absolute Gasteiger partial charge is 0.340 e. The number of carbonyl (C=O) groups is 1. The van der Waals surface area contributed by atoms with Gasteiger partial charge in [0, 0.05) is 38.5 Å². The Balaban J connectivity index is 1.71. The first kappa shape index (κ1) is 13.0. The van der Waals surface area contributed by atoms with E-state index in [-0.39, 0.29) is 5.91 Å². The Morgan fingerprint density at radius 1 is 1.61 bits per heavy atom. The van der Waals surface area contributed by atoms with E-state index in [1.54, 1.807) is 6.92 Å². The Morgan fingerprint density at radius 3 is 3.11 bits per heavy atom. The van der Waals surface area contributed by atoms with Crippen molar-refractivity contribution >= 4 is 5.91 Å². The zero-order chi connectivity index (χ0) is 13.0. The maximum absolute atomic E-state index is 12.0. The predicted octanol–water partition coefficient (Wildman–Crippen LogP) is 0.521. The highest BCUT2D eigenvalue weighted by Gasteiger charge is 2.19. The molecule has 0 aromatic carbocycles. The van der Waals surface area contributed by atoms with E-state index in [2.05, 4.69) is 22.4 Å². The average Bonchev–Trinajstić information content (AvgIpc) is 2.75. The molecule has 100 valence electrons. The van der Waals surface area contributed by atoms with E-state index in [1.807, 2.05) is 4.90 Å². The van der Waals surface area contributed by atoms with E-state index >= 15 is 0 Å². The molecule has 1 aromatic heterocycles. The molecular formula is C12H20N4O2. The summed E-state index contributed by atoms with van der Waals surface area (Å²) in [6.07, 6.45) is 1.99. The molecule has 0 radical (unpaired) electrons. The topological polar surface area (TPSA) is 71.3 Å². The lowest BCUT2D eigenvalue weighted by Gasteiger charge is -2.31. The van der Waals surface area contributed by atoms with Crippen LogP contribution in [0.5, 0.6) is 0 Å². The molecule has 6 heteroatoms. The first-order valence-electron chi connectivity index (χ1n) is 6.45. The minimum Gasteiger partial charge on any atom is -0.340 e. The third kappa shape index (κ3) is 3.53. The number of hydrogen-bond donors (Lipinski definition) is 1. The predicted molar refractivity (Wildman–Crippen MR) is 66.0 cm³/mol. The van der Waals surface area contributed by atoms with Gasteiger partial charge in [0.05, 0.1) is 0 Å². The van der Waals surface area contributed by atoms with Gasteiger partial charge in [0.15, 0.2) is 5.82 Å². The fourth-order valence-corrected chi connectivity index (χ4v) is 2.15. The number of carbonyl (C=O) groups excluding carboxylic acids is 1. The second-order valence-corrected chi connectivity index (χ2v) is 4.78. The van der Waals surface area contributed by atoms with Crippen molar-refractivity contribution in [3.8, 4) is 0 Å². The summed E-state index contributed by atoms with van der Waals surface area (Å²) in [7, 11) is 0. The van der Waals surface area contributed by atoms with Crippen LogP contribution in [0, 0.1) is 6.92 Å². The molecule has 1 atom stereocenters. The van der Waals surface area contributed by atoms with Gasteiger partial charge >= 0.3 is 0 Å². The highest BCUT2D eigenvalue weighted by Crippen LogP contribution is 2.07. The molecular weight excluding hydrogens is 232 g/mol. The molecule has 0 saturated carbocycles. The molecule has 1 aromatic rings. The molecule has 1 fully saturated rings. The quantitative estimate of drug-likeness (QED) is 0.846. The van der Waals surface area contributed by atoms with E-state index in [1.165, 1.54) is 0 Å². The van der Waals surface area contributed by atoms with Gasteiger partial charge in [-0.05, 0) is 20.3 Å². The molecule has 0 unspecified atom stereocenters. The molecule has 1 aliphatic rings. The van der Waals surface area contributed by atoms with E-state index < -0.39 is 0 Å². The third-order valence-corrected chi connectivity index (χ3v) is 3.07. The summed E-state index contributed by atoms with van der Waals surface area (Å²) < 4.78 is 5.01. The lowest BCUT2D eigenvalue weighted by atomic mass is 10.2. The lowest BCUT2D eigenvalue weighted by molar-refractivity contribution is -0.132. The Bertz CT molecular complexity index is 405. The van der Waals surface area contributed by atoms with Crippen molar-refractivity contribution in [2.75, 3.05) is 19.6 Å². The molecule has 2 heterocycles. The highest BCUT2D eigenvalue weighted by molar-refractivity contribution is 5.76. The third-order valence-electron chi connectivity index (χ3n) is 3.07. The SMILES string of the molecule is Cc1noc(CCCC(=O)N2CCN[C@@H](C)C2)n1. The number of nitrogens with zero attached hydrogens (tertiary/aromatic N) is 3. The Labute approximate surface area is 107 Å². The van der Waals surface area contributed by atoms with Crippen LogP contribution in [0.3, 0.4) is 0 Å². The first-order chi connectivity index (χ1) is 8.65. The Morgan fingerprint density at radius 2 is 2.44 bits per heavy atom. The van der Waals surface area contributed by atoms with Gasteiger partial charge in [0.25, 0.3) is 0 Å². The fourth-order valence-electron chi connectivity index (χ4n) is 2.15. The molecule has 1 saturated heterocycles. The van der Waals surface area contributed by atoms with Gasteiger partial charge in [-0.1, -0.05) is 5.16 Å². The van der Waals surface area contributed by atoms with Gasteiger partial charge < -0.3 is 14.7 Å². The molecule has 1 amide bonds. The van der Waals surface area contributed by atoms with Crippen molar-refractivity contribution in [2.45, 2.75) is 39.2 Å². The van der Waals surface area contributed by atoms with Crippen molar-refractivity contribution in [1.29, 1.82) is 0 Å². The molecule has 0 aliphatic carbocycles. The van der Waals surface area contributed by atoms with Crippen LogP contribution in [0.1, 0.15) is 31.5 Å². The van der Waals surface area contributed by atoms with Gasteiger partial charge in [0.2, 0.25) is 11.8 Å². The second-order valence-electron chi connectivity index (χ2n) is 4.78. The van der Waals surface area contributed by atoms with Crippen molar-refractivity contribution in [2.24, 2.45) is 0 Å². The summed E-state index contributed by atoms with van der Waals surface area (Å²) in [5, 5.41) is 7.05. The summed E-state index contributed by atoms with van der Waals surface area (Å²) >= 11 is 0. The molecule has 6 nitrogen and oxygen atoms in total. The number of piperazine rings is 1. The molecule has 0 bridgehead atoms. The maximum Gasteiger partial charge on any atom is 0.226 e. The number of hydrogen-bond acceptors (Lipinski definition) is 5. The Kier molecular flexibility index (Phi) is 4.30. The minimum atomic E-state index is 0.222. The van der Waals surface area contributed by atoms with E-state index in [4.69, 9.17) is 4.52 Å². The van der Waals surface area contributed by atoms with Gasteiger partial charge in [-0.15, -0.1) is 0 Å². The number of aryl methyl sites for hydroxylation is 2. The summed E-state index contributed by atoms with van der Waals surface area (Å²) in [6, 6.07) is 0.390. The van der Waals surface area contributed by atoms with E-state index in [0.717, 1.165) is 26.1 Å². The van der Waals surface area contributed by atoms with Gasteiger partial charge in [-0.25, -0.2) is 0 Å². The Hall–Kier alpha value is -1.43. The number of rotatable bonds is 4. The van der Waals surface area contributed by atoms with Crippen LogP contribution in [-0.4, -0.2) is 46.6 Å². The van der Waals surface area contributed by atoms with Gasteiger partial charge in [-0.2, -0.15) is 4.98 Å². The standard InChI is InChI=1S/C12H20N4O2/c1-9-8-16(7-6-13-9)12(17)5-3-4-11-14-10(2)15-18-11/h9,13H,3-8H2,1-2H3/t9-/m0/s1. The smallest absolute Gasteiger partial charge is 0.226 e. The first-order valence-corrected chi connectivity index (χ1v) is 6.45. The van der Waals surface area contributed by atoms with Crippen molar-refractivity contribution < 1.29 is 9.32 Å². The molecule has 2 rings (SSSR count). The van der Waals surface area contributed by atoms with Gasteiger partial charge in [0.1, 0.15) is 0 Å². The van der Waals surface area contributed by atoms with Crippen LogP contribution in [0.2, 0.25) is 0 Å². The zero-order valence-electron chi connectivity index (χ0n) is 11.0. The monoisotopic (exact) mass is 252 g/mol. The van der Waals surface area contributed by atoms with Crippen LogP contribution >= 0.6 is 0 Å². The summed E-state index contributed by atoms with van der Waals surface area (Å²) in [5.41, 5.74) is 0. The maximum atomic E-state index is 12.0. The van der Waals surface area contributed by atoms with E-state index in [9.17, 15) is 4.79 Å². The van der Waals surface area contributed by atoms with Crippen LogP contribution in [-0.2, 0) is 11.2 Å². The summed E-state index contributed by atoms with van der Waals surface area (Å²) in [4.78, 5) is 18.0. The average molecular weight is 252 g/mol. The molecule has 1 aliphatic heterocycles. The zero-order valence-corrected chi connectivity index (χ0v) is 11.0. The second kappa shape index (κ2) is 5.95. The molecule has 18 heavy (non-hydrogen) atoms. The number of aromatic nitrogens is 2. The van der Waals surface area contributed by atoms with Crippen LogP contribution in [0.4, 0.5) is 0 Å². The lowest BCUT2D eigenvalue weighted by Crippen LogP contribution is -2.51. The number of nitrogens with one attached hydrogen (secondary N) is 1. The summed E-state index contributed by atoms with van der Waals surface area (Å²) in [6.45, 7) is 6.39. The number of amides is 1. The minimum absolute atomic E-state index is 0.222. The van der Waals surface area contributed by atoms with Gasteiger partial charge in [-0.3, -0.25) is 4.79 Å². The van der Waals surface area contributed by atoms with Crippen LogP contribution < -0.4 is 5.32 Å². The normalized spacial score (nSPS) is 20.1. The van der Waals surface area contributed by atoms with Crippen molar-refractivity contribution in [3.05, 3.63) is 11.7 Å².